The van der Waals surface area contributed by atoms with E-state index in [4.69, 9.17) is 5.10 Å². The van der Waals surface area contributed by atoms with Crippen LogP contribution in [0.5, 0.6) is 0 Å². The molecule has 3 fully saturated rings. The molecule has 14 heteroatoms. The smallest absolute Gasteiger partial charge is 0.332 e. The molecule has 0 radical (unpaired) electrons. The van der Waals surface area contributed by atoms with Gasteiger partial charge in [0.1, 0.15) is 18.2 Å². The molecule has 1 saturated heterocycles. The average Bonchev–Trinajstić information content (AvgIpc) is 3.90. The summed E-state index contributed by atoms with van der Waals surface area (Å²) in [6, 6.07) is 7.16. The van der Waals surface area contributed by atoms with Crippen LogP contribution in [0.2, 0.25) is 0 Å². The quantitative estimate of drug-likeness (QED) is 0.303. The molecule has 2 aliphatic carbocycles. The highest BCUT2D eigenvalue weighted by molar-refractivity contribution is 6.11. The standard InChI is InChI=1S/C28H29N11O3/c1-14-6-7-29-25(31-14)19-11-20(19)26(41)34-27-33-22(12-30-35-27)32-15(2)21-10-18-8-17(16-4-5-16)9-23(39(18)36-21)38-13-24(40)37(3)28(38)42/h6-10,12,15-16,19-20H,4-5,11,13H2,1-3H3,(H2,32,33,34,35,41)/t15-,19?,20?/m1/s1. The summed E-state index contributed by atoms with van der Waals surface area (Å²) >= 11 is 0. The van der Waals surface area contributed by atoms with Gasteiger partial charge in [0.15, 0.2) is 5.82 Å². The average molecular weight is 568 g/mol. The van der Waals surface area contributed by atoms with Gasteiger partial charge in [-0.25, -0.2) is 19.3 Å². The number of amides is 4. The zero-order chi connectivity index (χ0) is 29.1. The first-order valence-corrected chi connectivity index (χ1v) is 13.9. The van der Waals surface area contributed by atoms with E-state index in [1.165, 1.54) is 18.1 Å². The highest BCUT2D eigenvalue weighted by atomic mass is 16.2. The zero-order valence-corrected chi connectivity index (χ0v) is 23.4. The molecule has 0 bridgehead atoms. The van der Waals surface area contributed by atoms with Gasteiger partial charge in [0, 0.05) is 30.8 Å². The van der Waals surface area contributed by atoms with Crippen LogP contribution in [0.25, 0.3) is 5.52 Å². The van der Waals surface area contributed by atoms with Crippen molar-refractivity contribution in [1.82, 2.24) is 39.7 Å². The lowest BCUT2D eigenvalue weighted by Gasteiger charge is -2.17. The second-order valence-electron chi connectivity index (χ2n) is 11.2. The van der Waals surface area contributed by atoms with E-state index in [1.807, 2.05) is 32.0 Å². The molecule has 2 N–H and O–H groups in total. The van der Waals surface area contributed by atoms with E-state index >= 15 is 0 Å². The van der Waals surface area contributed by atoms with Crippen molar-refractivity contribution in [2.75, 3.05) is 29.1 Å². The van der Waals surface area contributed by atoms with Gasteiger partial charge < -0.3 is 5.32 Å². The van der Waals surface area contributed by atoms with E-state index in [0.717, 1.165) is 34.5 Å². The van der Waals surface area contributed by atoms with E-state index in [-0.39, 0.29) is 48.2 Å². The van der Waals surface area contributed by atoms with Crippen molar-refractivity contribution in [3.05, 3.63) is 59.4 Å². The topological polar surface area (TPSA) is 164 Å². The maximum atomic E-state index is 12.8. The second kappa shape index (κ2) is 9.82. The number of hydrogen-bond acceptors (Lipinski definition) is 10. The van der Waals surface area contributed by atoms with Crippen LogP contribution in [0.4, 0.5) is 22.4 Å². The highest BCUT2D eigenvalue weighted by Gasteiger charge is 2.46. The zero-order valence-electron chi connectivity index (χ0n) is 23.4. The molecule has 5 heterocycles. The Morgan fingerprint density at radius 3 is 2.71 bits per heavy atom. The van der Waals surface area contributed by atoms with Gasteiger partial charge in [0.2, 0.25) is 5.91 Å². The Balaban J connectivity index is 1.08. The number of carbonyl (C=O) groups excluding carboxylic acids is 3. The van der Waals surface area contributed by atoms with Gasteiger partial charge in [0.25, 0.3) is 11.9 Å². The Hall–Kier alpha value is -5.01. The number of hydrogen-bond donors (Lipinski definition) is 2. The fourth-order valence-corrected chi connectivity index (χ4v) is 5.30. The molecule has 1 aliphatic heterocycles. The fourth-order valence-electron chi connectivity index (χ4n) is 5.30. The number of likely N-dealkylation sites (N-methyl/N-ethyl adjacent to an activating group) is 1. The van der Waals surface area contributed by atoms with Gasteiger partial charge in [-0.3, -0.25) is 24.7 Å². The van der Waals surface area contributed by atoms with Crippen LogP contribution < -0.4 is 15.5 Å². The lowest BCUT2D eigenvalue weighted by molar-refractivity contribution is -0.124. The Kier molecular flexibility index (Phi) is 6.06. The Labute approximate surface area is 240 Å². The van der Waals surface area contributed by atoms with Crippen molar-refractivity contribution in [2.24, 2.45) is 5.92 Å². The largest absolute Gasteiger partial charge is 0.360 e. The Morgan fingerprint density at radius 1 is 1.14 bits per heavy atom. The number of fused-ring (bicyclic) bond motifs is 1. The molecule has 4 aromatic rings. The van der Waals surface area contributed by atoms with E-state index in [9.17, 15) is 14.4 Å². The molecule has 2 saturated carbocycles. The lowest BCUT2D eigenvalue weighted by Crippen LogP contribution is -2.31. The number of rotatable bonds is 8. The molecule has 0 spiro atoms. The third-order valence-corrected chi connectivity index (χ3v) is 7.97. The van der Waals surface area contributed by atoms with E-state index in [1.54, 1.807) is 10.7 Å². The number of nitrogens with one attached hydrogen (secondary N) is 2. The Morgan fingerprint density at radius 2 is 1.98 bits per heavy atom. The minimum atomic E-state index is -0.372. The summed E-state index contributed by atoms with van der Waals surface area (Å²) in [5.41, 5.74) is 3.53. The molecule has 14 nitrogen and oxygen atoms in total. The molecule has 4 amide bonds. The first-order chi connectivity index (χ1) is 20.2. The second-order valence-corrected chi connectivity index (χ2v) is 11.2. The number of carbonyl (C=O) groups is 3. The van der Waals surface area contributed by atoms with Crippen LogP contribution in [0.1, 0.15) is 66.8 Å². The minimum absolute atomic E-state index is 0.0195. The molecule has 2 unspecified atom stereocenters. The third kappa shape index (κ3) is 4.78. The molecule has 42 heavy (non-hydrogen) atoms. The maximum Gasteiger partial charge on any atom is 0.332 e. The predicted molar refractivity (Wildman–Crippen MR) is 151 cm³/mol. The highest BCUT2D eigenvalue weighted by Crippen LogP contribution is 2.46. The van der Waals surface area contributed by atoms with Gasteiger partial charge in [-0.2, -0.15) is 15.2 Å². The van der Waals surface area contributed by atoms with E-state index in [2.05, 4.69) is 41.8 Å². The third-order valence-electron chi connectivity index (χ3n) is 7.97. The summed E-state index contributed by atoms with van der Waals surface area (Å²) < 4.78 is 1.71. The summed E-state index contributed by atoms with van der Waals surface area (Å²) in [6.07, 6.45) is 6.05. The van der Waals surface area contributed by atoms with E-state index in [0.29, 0.717) is 35.5 Å². The van der Waals surface area contributed by atoms with Crippen molar-refractivity contribution in [3.63, 3.8) is 0 Å². The lowest BCUT2D eigenvalue weighted by atomic mass is 10.1. The van der Waals surface area contributed by atoms with Crippen LogP contribution in [0.15, 0.2) is 36.7 Å². The van der Waals surface area contributed by atoms with Gasteiger partial charge >= 0.3 is 6.03 Å². The molecular formula is C28H29N11O3. The van der Waals surface area contributed by atoms with Crippen molar-refractivity contribution in [3.8, 4) is 0 Å². The van der Waals surface area contributed by atoms with Gasteiger partial charge in [-0.05, 0) is 68.9 Å². The molecule has 4 aromatic heterocycles. The van der Waals surface area contributed by atoms with Crippen molar-refractivity contribution in [1.29, 1.82) is 0 Å². The van der Waals surface area contributed by atoms with Crippen LogP contribution >= 0.6 is 0 Å². The maximum absolute atomic E-state index is 12.8. The van der Waals surface area contributed by atoms with Crippen molar-refractivity contribution >= 4 is 40.9 Å². The molecule has 0 aromatic carbocycles. The van der Waals surface area contributed by atoms with Gasteiger partial charge in [0.05, 0.1) is 23.4 Å². The van der Waals surface area contributed by atoms with E-state index < -0.39 is 0 Å². The predicted octanol–water partition coefficient (Wildman–Crippen LogP) is 2.81. The summed E-state index contributed by atoms with van der Waals surface area (Å²) in [5, 5.41) is 18.8. The SMILES string of the molecule is Cc1ccnc(C2CC2C(=O)Nc2nncc(N[C@H](C)c3cc4cc(C5CC5)cc(N5CC(=O)N(C)C5=O)n4n3)n2)n1. The molecule has 7 rings (SSSR count). The monoisotopic (exact) mass is 567 g/mol. The first kappa shape index (κ1) is 25.9. The summed E-state index contributed by atoms with van der Waals surface area (Å²) in [4.78, 5) is 53.6. The number of pyridine rings is 1. The summed E-state index contributed by atoms with van der Waals surface area (Å²) in [7, 11) is 1.49. The molecule has 3 aliphatic rings. The number of imide groups is 1. The normalized spacial score (nSPS) is 20.7. The molecule has 214 valence electrons. The molecule has 3 atom stereocenters. The minimum Gasteiger partial charge on any atom is -0.360 e. The number of aryl methyl sites for hydroxylation is 1. The number of anilines is 3. The van der Waals surface area contributed by atoms with Crippen LogP contribution in [0.3, 0.4) is 0 Å². The van der Waals surface area contributed by atoms with Gasteiger partial charge in [-0.15, -0.1) is 5.10 Å². The summed E-state index contributed by atoms with van der Waals surface area (Å²) in [6.45, 7) is 3.80. The van der Waals surface area contributed by atoms with Gasteiger partial charge in [-0.1, -0.05) is 0 Å². The molecular weight excluding hydrogens is 538 g/mol. The van der Waals surface area contributed by atoms with Crippen molar-refractivity contribution < 1.29 is 14.4 Å². The number of urea groups is 1. The van der Waals surface area contributed by atoms with Crippen LogP contribution in [-0.2, 0) is 9.59 Å². The number of aromatic nitrogens is 7. The number of nitrogens with zero attached hydrogens (tertiary/aromatic N) is 9. The Bertz CT molecular complexity index is 1750. The summed E-state index contributed by atoms with van der Waals surface area (Å²) in [5.74, 6) is 1.49. The van der Waals surface area contributed by atoms with Crippen LogP contribution in [0, 0.1) is 12.8 Å². The fraction of sp³-hybridized carbons (Fsp3) is 0.393. The van der Waals surface area contributed by atoms with Crippen LogP contribution in [-0.4, -0.2) is 71.1 Å². The van der Waals surface area contributed by atoms with Crippen molar-refractivity contribution in [2.45, 2.75) is 51.0 Å². The first-order valence-electron chi connectivity index (χ1n) is 13.9.